The lowest BCUT2D eigenvalue weighted by atomic mass is 9.93. The van der Waals surface area contributed by atoms with Crippen LogP contribution in [0.4, 0.5) is 10.5 Å². The van der Waals surface area contributed by atoms with Gasteiger partial charge in [-0.15, -0.1) is 0 Å². The Balaban J connectivity index is 1.33. The lowest BCUT2D eigenvalue weighted by Gasteiger charge is -2.38. The van der Waals surface area contributed by atoms with Crippen LogP contribution in [-0.4, -0.2) is 86.5 Å². The van der Waals surface area contributed by atoms with Crippen LogP contribution >= 0.6 is 0 Å². The van der Waals surface area contributed by atoms with Gasteiger partial charge >= 0.3 is 12.1 Å². The molecule has 0 bridgehead atoms. The predicted octanol–water partition coefficient (Wildman–Crippen LogP) is 4.42. The molecule has 3 rings (SSSR count). The van der Waals surface area contributed by atoms with E-state index in [-0.39, 0.29) is 18.0 Å². The fourth-order valence-corrected chi connectivity index (χ4v) is 4.65. The third kappa shape index (κ3) is 8.87. The van der Waals surface area contributed by atoms with Crippen molar-refractivity contribution < 1.29 is 23.8 Å². The Labute approximate surface area is 216 Å². The minimum atomic E-state index is -0.435. The quantitative estimate of drug-likeness (QED) is 0.462. The predicted molar refractivity (Wildman–Crippen MR) is 142 cm³/mol. The first-order valence-corrected chi connectivity index (χ1v) is 13.5. The second kappa shape index (κ2) is 13.2. The summed E-state index contributed by atoms with van der Waals surface area (Å²) in [5.41, 5.74) is 0.769. The van der Waals surface area contributed by atoms with Crippen molar-refractivity contribution in [2.24, 2.45) is 11.8 Å². The number of esters is 1. The number of amides is 1. The highest BCUT2D eigenvalue weighted by molar-refractivity contribution is 5.72. The molecule has 1 unspecified atom stereocenters. The Morgan fingerprint density at radius 1 is 1.00 bits per heavy atom. The van der Waals surface area contributed by atoms with Crippen LogP contribution in [0.25, 0.3) is 0 Å². The molecule has 36 heavy (non-hydrogen) atoms. The second-order valence-electron chi connectivity index (χ2n) is 11.0. The van der Waals surface area contributed by atoms with Gasteiger partial charge in [0.15, 0.2) is 0 Å². The molecule has 0 saturated carbocycles. The lowest BCUT2D eigenvalue weighted by molar-refractivity contribution is -0.148. The second-order valence-corrected chi connectivity index (χ2v) is 11.0. The van der Waals surface area contributed by atoms with Crippen LogP contribution < -0.4 is 9.64 Å². The van der Waals surface area contributed by atoms with Gasteiger partial charge < -0.3 is 24.0 Å². The summed E-state index contributed by atoms with van der Waals surface area (Å²) in [6.45, 7) is 16.9. The number of likely N-dealkylation sites (tertiary alicyclic amines) is 1. The molecule has 8 nitrogen and oxygen atoms in total. The number of piperazine rings is 1. The molecular formula is C28H45N3O5. The third-order valence-electron chi connectivity index (χ3n) is 6.88. The molecule has 0 N–H and O–H groups in total. The van der Waals surface area contributed by atoms with Crippen LogP contribution in [0.15, 0.2) is 24.3 Å². The van der Waals surface area contributed by atoms with Crippen molar-refractivity contribution in [3.63, 3.8) is 0 Å². The van der Waals surface area contributed by atoms with Crippen LogP contribution in [0.2, 0.25) is 0 Å². The molecule has 202 valence electrons. The average Bonchev–Trinajstić information content (AvgIpc) is 2.86. The fourth-order valence-electron chi connectivity index (χ4n) is 4.65. The van der Waals surface area contributed by atoms with Crippen molar-refractivity contribution in [3.8, 4) is 5.75 Å². The van der Waals surface area contributed by atoms with Gasteiger partial charge in [0.1, 0.15) is 18.0 Å². The SMILES string of the molecule is CCOC(=O)C(C)COc1ccc(N2CCN(CCC3CCN(C(=O)OC(C)(C)C)CC3)CC2)cc1. The first-order chi connectivity index (χ1) is 17.1. The van der Waals surface area contributed by atoms with E-state index in [1.807, 2.05) is 51.7 Å². The highest BCUT2D eigenvalue weighted by atomic mass is 16.6. The van der Waals surface area contributed by atoms with E-state index >= 15 is 0 Å². The molecule has 0 aromatic heterocycles. The van der Waals surface area contributed by atoms with Crippen LogP contribution in [0, 0.1) is 11.8 Å². The summed E-state index contributed by atoms with van der Waals surface area (Å²) in [5.74, 6) is 0.945. The number of benzene rings is 1. The molecule has 2 aliphatic rings. The Morgan fingerprint density at radius 3 is 2.22 bits per heavy atom. The number of rotatable bonds is 9. The van der Waals surface area contributed by atoms with E-state index < -0.39 is 5.60 Å². The van der Waals surface area contributed by atoms with Gasteiger partial charge in [-0.05, 0) is 90.6 Å². The molecule has 0 radical (unpaired) electrons. The van der Waals surface area contributed by atoms with Crippen molar-refractivity contribution in [3.05, 3.63) is 24.3 Å². The van der Waals surface area contributed by atoms with E-state index in [1.54, 1.807) is 0 Å². The number of carbonyl (C=O) groups is 2. The van der Waals surface area contributed by atoms with Gasteiger partial charge in [0, 0.05) is 45.0 Å². The Kier molecular flexibility index (Phi) is 10.3. The van der Waals surface area contributed by atoms with Crippen molar-refractivity contribution in [2.45, 2.75) is 59.5 Å². The highest BCUT2D eigenvalue weighted by Gasteiger charge is 2.27. The number of hydrogen-bond donors (Lipinski definition) is 0. The maximum absolute atomic E-state index is 12.3. The normalized spacial score (nSPS) is 18.6. The van der Waals surface area contributed by atoms with Crippen LogP contribution in [0.1, 0.15) is 53.9 Å². The first-order valence-electron chi connectivity index (χ1n) is 13.5. The van der Waals surface area contributed by atoms with Crippen LogP contribution in [-0.2, 0) is 14.3 Å². The molecule has 2 aliphatic heterocycles. The van der Waals surface area contributed by atoms with Crippen LogP contribution in [0.3, 0.4) is 0 Å². The van der Waals surface area contributed by atoms with Crippen LogP contribution in [0.5, 0.6) is 5.75 Å². The number of carbonyl (C=O) groups excluding carboxylic acids is 2. The molecule has 0 aliphatic carbocycles. The first kappa shape index (κ1) is 28.1. The number of anilines is 1. The monoisotopic (exact) mass is 503 g/mol. The summed E-state index contributed by atoms with van der Waals surface area (Å²) < 4.78 is 16.3. The standard InChI is InChI=1S/C28H45N3O5/c1-6-34-26(32)22(2)21-35-25-9-7-24(8-10-25)30-19-17-29(18-20-30)14-11-23-12-15-31(16-13-23)27(33)36-28(3,4)5/h7-10,22-23H,6,11-21H2,1-5H3. The number of hydrogen-bond acceptors (Lipinski definition) is 7. The van der Waals surface area contributed by atoms with E-state index in [9.17, 15) is 9.59 Å². The molecular weight excluding hydrogens is 458 g/mol. The largest absolute Gasteiger partial charge is 0.493 e. The molecule has 2 heterocycles. The minimum Gasteiger partial charge on any atom is -0.493 e. The molecule has 1 atom stereocenters. The Hall–Kier alpha value is -2.48. The Morgan fingerprint density at radius 2 is 1.64 bits per heavy atom. The van der Waals surface area contributed by atoms with Gasteiger partial charge in [-0.25, -0.2) is 4.79 Å². The smallest absolute Gasteiger partial charge is 0.410 e. The van der Waals surface area contributed by atoms with Crippen molar-refractivity contribution >= 4 is 17.7 Å². The van der Waals surface area contributed by atoms with Gasteiger partial charge in [-0.1, -0.05) is 0 Å². The number of ether oxygens (including phenoxy) is 3. The van der Waals surface area contributed by atoms with E-state index in [0.717, 1.165) is 64.4 Å². The molecule has 1 aromatic carbocycles. The average molecular weight is 504 g/mol. The molecule has 8 heteroatoms. The summed E-state index contributed by atoms with van der Waals surface area (Å²) in [4.78, 5) is 30.8. The topological polar surface area (TPSA) is 71.6 Å². The highest BCUT2D eigenvalue weighted by Crippen LogP contribution is 2.24. The van der Waals surface area contributed by atoms with Crippen molar-refractivity contribution in [1.29, 1.82) is 0 Å². The number of piperidine rings is 1. The zero-order chi connectivity index (χ0) is 26.1. The maximum Gasteiger partial charge on any atom is 0.410 e. The molecule has 2 fully saturated rings. The van der Waals surface area contributed by atoms with Gasteiger partial charge in [-0.3, -0.25) is 9.69 Å². The molecule has 0 spiro atoms. The summed E-state index contributed by atoms with van der Waals surface area (Å²) in [7, 11) is 0. The molecule has 1 aromatic rings. The molecule has 1 amide bonds. The van der Waals surface area contributed by atoms with E-state index in [2.05, 4.69) is 21.9 Å². The molecule has 2 saturated heterocycles. The van der Waals surface area contributed by atoms with E-state index in [0.29, 0.717) is 19.1 Å². The maximum atomic E-state index is 12.3. The van der Waals surface area contributed by atoms with Gasteiger partial charge in [0.25, 0.3) is 0 Å². The van der Waals surface area contributed by atoms with E-state index in [4.69, 9.17) is 14.2 Å². The van der Waals surface area contributed by atoms with Gasteiger partial charge in [0.2, 0.25) is 0 Å². The summed E-state index contributed by atoms with van der Waals surface area (Å²) in [6, 6.07) is 8.14. The zero-order valence-electron chi connectivity index (χ0n) is 22.8. The van der Waals surface area contributed by atoms with Crippen molar-refractivity contribution in [1.82, 2.24) is 9.80 Å². The zero-order valence-corrected chi connectivity index (χ0v) is 22.8. The fraction of sp³-hybridized carbons (Fsp3) is 0.714. The van der Waals surface area contributed by atoms with Gasteiger partial charge in [0.05, 0.1) is 12.5 Å². The third-order valence-corrected chi connectivity index (χ3v) is 6.88. The Bertz CT molecular complexity index is 823. The summed E-state index contributed by atoms with van der Waals surface area (Å²) >= 11 is 0. The lowest BCUT2D eigenvalue weighted by Crippen LogP contribution is -2.47. The van der Waals surface area contributed by atoms with Gasteiger partial charge in [-0.2, -0.15) is 0 Å². The summed E-state index contributed by atoms with van der Waals surface area (Å²) in [5, 5.41) is 0. The van der Waals surface area contributed by atoms with E-state index in [1.165, 1.54) is 12.1 Å². The van der Waals surface area contributed by atoms with Crippen molar-refractivity contribution in [2.75, 3.05) is 63.9 Å². The minimum absolute atomic E-state index is 0.178. The number of nitrogens with zero attached hydrogens (tertiary/aromatic N) is 3. The summed E-state index contributed by atoms with van der Waals surface area (Å²) in [6.07, 6.45) is 3.14.